The second-order valence-electron chi connectivity index (χ2n) is 6.69. The quantitative estimate of drug-likeness (QED) is 0.509. The van der Waals surface area contributed by atoms with Crippen LogP contribution in [0.2, 0.25) is 0 Å². The molecule has 0 fully saturated rings. The Morgan fingerprint density at radius 2 is 2.03 bits per heavy atom. The SMILES string of the molecule is CCCn1c(CNC(=O)c2cc(=O)oc3cc(OC)ccc23)nc2ccccc21. The zero-order chi connectivity index (χ0) is 20.4. The van der Waals surface area contributed by atoms with Gasteiger partial charge in [-0.05, 0) is 30.7 Å². The fourth-order valence-corrected chi connectivity index (χ4v) is 3.45. The first kappa shape index (κ1) is 18.7. The molecule has 2 heterocycles. The van der Waals surface area contributed by atoms with Gasteiger partial charge >= 0.3 is 5.63 Å². The van der Waals surface area contributed by atoms with Gasteiger partial charge in [0.1, 0.15) is 17.2 Å². The number of fused-ring (bicyclic) bond motifs is 2. The predicted octanol–water partition coefficient (Wildman–Crippen LogP) is 3.49. The third kappa shape index (κ3) is 3.59. The predicted molar refractivity (Wildman–Crippen MR) is 110 cm³/mol. The summed E-state index contributed by atoms with van der Waals surface area (Å²) in [6, 6.07) is 14.1. The van der Waals surface area contributed by atoms with E-state index < -0.39 is 5.63 Å². The number of aromatic nitrogens is 2. The smallest absolute Gasteiger partial charge is 0.337 e. The topological polar surface area (TPSA) is 86.4 Å². The van der Waals surface area contributed by atoms with E-state index in [4.69, 9.17) is 9.15 Å². The van der Waals surface area contributed by atoms with Crippen molar-refractivity contribution in [1.29, 1.82) is 0 Å². The summed E-state index contributed by atoms with van der Waals surface area (Å²) in [7, 11) is 1.53. The van der Waals surface area contributed by atoms with E-state index in [1.807, 2.05) is 24.3 Å². The zero-order valence-electron chi connectivity index (χ0n) is 16.3. The fourth-order valence-electron chi connectivity index (χ4n) is 3.45. The van der Waals surface area contributed by atoms with Crippen molar-refractivity contribution >= 4 is 27.9 Å². The number of rotatable bonds is 6. The van der Waals surface area contributed by atoms with Crippen molar-refractivity contribution in [2.75, 3.05) is 7.11 Å². The molecule has 7 heteroatoms. The molecule has 4 aromatic rings. The lowest BCUT2D eigenvalue weighted by Gasteiger charge is -2.10. The van der Waals surface area contributed by atoms with Crippen molar-refractivity contribution in [2.24, 2.45) is 0 Å². The van der Waals surface area contributed by atoms with E-state index >= 15 is 0 Å². The number of imidazole rings is 1. The lowest BCUT2D eigenvalue weighted by atomic mass is 10.1. The van der Waals surface area contributed by atoms with Gasteiger partial charge in [0.25, 0.3) is 5.91 Å². The summed E-state index contributed by atoms with van der Waals surface area (Å²) in [5.74, 6) is 0.963. The molecule has 29 heavy (non-hydrogen) atoms. The van der Waals surface area contributed by atoms with Gasteiger partial charge in [-0.2, -0.15) is 0 Å². The molecule has 0 saturated heterocycles. The van der Waals surface area contributed by atoms with E-state index in [0.29, 0.717) is 16.7 Å². The van der Waals surface area contributed by atoms with E-state index in [1.165, 1.54) is 13.2 Å². The Labute approximate surface area is 166 Å². The van der Waals surface area contributed by atoms with Gasteiger partial charge in [-0.3, -0.25) is 4.79 Å². The maximum atomic E-state index is 12.9. The Bertz CT molecular complexity index is 1260. The monoisotopic (exact) mass is 391 g/mol. The van der Waals surface area contributed by atoms with Crippen molar-refractivity contribution in [2.45, 2.75) is 26.4 Å². The molecule has 0 saturated carbocycles. The number of carbonyl (C=O) groups is 1. The number of nitrogens with one attached hydrogen (secondary N) is 1. The highest BCUT2D eigenvalue weighted by Gasteiger charge is 2.16. The van der Waals surface area contributed by atoms with Gasteiger partial charge in [0, 0.05) is 24.1 Å². The molecule has 0 unspecified atom stereocenters. The number of aryl methyl sites for hydroxylation is 1. The van der Waals surface area contributed by atoms with Crippen LogP contribution in [0.3, 0.4) is 0 Å². The minimum Gasteiger partial charge on any atom is -0.497 e. The summed E-state index contributed by atoms with van der Waals surface area (Å²) in [4.78, 5) is 29.4. The fraction of sp³-hybridized carbons (Fsp3) is 0.227. The third-order valence-corrected chi connectivity index (χ3v) is 4.78. The van der Waals surface area contributed by atoms with E-state index in [-0.39, 0.29) is 18.0 Å². The van der Waals surface area contributed by atoms with E-state index in [0.717, 1.165) is 29.8 Å². The summed E-state index contributed by atoms with van der Waals surface area (Å²) in [6.45, 7) is 3.16. The molecule has 148 valence electrons. The molecule has 7 nitrogen and oxygen atoms in total. The van der Waals surface area contributed by atoms with Gasteiger partial charge in [0.15, 0.2) is 0 Å². The molecule has 4 rings (SSSR count). The summed E-state index contributed by atoms with van der Waals surface area (Å²) < 4.78 is 12.5. The molecule has 0 atom stereocenters. The molecule has 0 radical (unpaired) electrons. The first-order valence-corrected chi connectivity index (χ1v) is 9.45. The molecule has 1 amide bonds. The largest absolute Gasteiger partial charge is 0.497 e. The first-order chi connectivity index (χ1) is 14.1. The second kappa shape index (κ2) is 7.79. The second-order valence-corrected chi connectivity index (χ2v) is 6.69. The number of ether oxygens (including phenoxy) is 1. The highest BCUT2D eigenvalue weighted by atomic mass is 16.5. The molecule has 0 aliphatic carbocycles. The number of benzene rings is 2. The molecule has 0 aliphatic heterocycles. The van der Waals surface area contributed by atoms with Gasteiger partial charge in [-0.25, -0.2) is 9.78 Å². The zero-order valence-corrected chi connectivity index (χ0v) is 16.3. The van der Waals surface area contributed by atoms with Crippen molar-refractivity contribution in [3.05, 3.63) is 70.3 Å². The third-order valence-electron chi connectivity index (χ3n) is 4.78. The Hall–Kier alpha value is -3.61. The normalized spacial score (nSPS) is 11.1. The average Bonchev–Trinajstić information content (AvgIpc) is 3.08. The number of nitrogens with zero attached hydrogens (tertiary/aromatic N) is 2. The number of para-hydroxylation sites is 2. The van der Waals surface area contributed by atoms with Crippen LogP contribution >= 0.6 is 0 Å². The van der Waals surface area contributed by atoms with Gasteiger partial charge in [-0.15, -0.1) is 0 Å². The molecular formula is C22H21N3O4. The number of hydrogen-bond acceptors (Lipinski definition) is 5. The van der Waals surface area contributed by atoms with Crippen molar-refractivity contribution in [1.82, 2.24) is 14.9 Å². The first-order valence-electron chi connectivity index (χ1n) is 9.45. The summed E-state index contributed by atoms with van der Waals surface area (Å²) in [6.07, 6.45) is 0.952. The van der Waals surface area contributed by atoms with E-state index in [1.54, 1.807) is 18.2 Å². The summed E-state index contributed by atoms with van der Waals surface area (Å²) in [5, 5.41) is 3.44. The van der Waals surface area contributed by atoms with Crippen molar-refractivity contribution in [3.8, 4) is 5.75 Å². The minimum absolute atomic E-state index is 0.255. The Morgan fingerprint density at radius 3 is 2.83 bits per heavy atom. The molecule has 0 spiro atoms. The van der Waals surface area contributed by atoms with Crippen LogP contribution in [0.5, 0.6) is 5.75 Å². The van der Waals surface area contributed by atoms with Crippen LogP contribution in [0.4, 0.5) is 0 Å². The van der Waals surface area contributed by atoms with Crippen LogP contribution in [-0.4, -0.2) is 22.6 Å². The number of amides is 1. The van der Waals surface area contributed by atoms with E-state index in [2.05, 4.69) is 21.8 Å². The molecular weight excluding hydrogens is 370 g/mol. The van der Waals surface area contributed by atoms with Crippen LogP contribution in [0.1, 0.15) is 29.5 Å². The highest BCUT2D eigenvalue weighted by Crippen LogP contribution is 2.23. The molecule has 2 aromatic heterocycles. The summed E-state index contributed by atoms with van der Waals surface area (Å²) in [5.41, 5.74) is 1.91. The van der Waals surface area contributed by atoms with Gasteiger partial charge in [0.05, 0.1) is 30.3 Å². The number of carbonyl (C=O) groups excluding carboxylic acids is 1. The average molecular weight is 391 g/mol. The minimum atomic E-state index is -0.589. The maximum Gasteiger partial charge on any atom is 0.337 e. The molecule has 0 aliphatic rings. The Kier molecular flexibility index (Phi) is 5.03. The van der Waals surface area contributed by atoms with E-state index in [9.17, 15) is 9.59 Å². The molecule has 1 N–H and O–H groups in total. The van der Waals surface area contributed by atoms with Gasteiger partial charge in [0.2, 0.25) is 0 Å². The molecule has 2 aromatic carbocycles. The maximum absolute atomic E-state index is 12.9. The lowest BCUT2D eigenvalue weighted by Crippen LogP contribution is -2.26. The number of hydrogen-bond donors (Lipinski definition) is 1. The number of methoxy groups -OCH3 is 1. The Morgan fingerprint density at radius 1 is 1.21 bits per heavy atom. The van der Waals surface area contributed by atoms with Crippen molar-refractivity contribution < 1.29 is 13.9 Å². The van der Waals surface area contributed by atoms with Gasteiger partial charge < -0.3 is 19.0 Å². The van der Waals surface area contributed by atoms with Crippen LogP contribution in [0, 0.1) is 0 Å². The standard InChI is InChI=1S/C22H21N3O4/c1-3-10-25-18-7-5-4-6-17(18)24-20(25)13-23-22(27)16-12-21(26)29-19-11-14(28-2)8-9-15(16)19/h4-9,11-12H,3,10,13H2,1-2H3,(H,23,27). The van der Waals surface area contributed by atoms with Crippen LogP contribution < -0.4 is 15.7 Å². The van der Waals surface area contributed by atoms with Gasteiger partial charge in [-0.1, -0.05) is 19.1 Å². The summed E-state index contributed by atoms with van der Waals surface area (Å²) >= 11 is 0. The molecule has 0 bridgehead atoms. The van der Waals surface area contributed by atoms with Crippen LogP contribution in [-0.2, 0) is 13.1 Å². The Balaban J connectivity index is 1.65. The van der Waals surface area contributed by atoms with Crippen LogP contribution in [0.25, 0.3) is 22.0 Å². The van der Waals surface area contributed by atoms with Crippen molar-refractivity contribution in [3.63, 3.8) is 0 Å². The van der Waals surface area contributed by atoms with Crippen LogP contribution in [0.15, 0.2) is 57.7 Å². The highest BCUT2D eigenvalue weighted by molar-refractivity contribution is 6.05. The lowest BCUT2D eigenvalue weighted by molar-refractivity contribution is 0.0950.